The highest BCUT2D eigenvalue weighted by Crippen LogP contribution is 2.55. The van der Waals surface area contributed by atoms with Gasteiger partial charge >= 0.3 is 0 Å². The number of nitrogens with zero attached hydrogens (tertiary/aromatic N) is 1. The van der Waals surface area contributed by atoms with Crippen molar-refractivity contribution in [2.75, 3.05) is 13.1 Å². The number of carbonyl (C=O) groups is 3. The molecule has 25 heavy (non-hydrogen) atoms. The van der Waals surface area contributed by atoms with E-state index in [9.17, 15) is 14.4 Å². The average Bonchev–Trinajstić information content (AvgIpc) is 3.00. The molecule has 0 aromatic heterocycles. The Hall–Kier alpha value is -1.59. The molecule has 6 nitrogen and oxygen atoms in total. The van der Waals surface area contributed by atoms with Gasteiger partial charge in [0.05, 0.1) is 6.54 Å². The van der Waals surface area contributed by atoms with Crippen LogP contribution in [0.3, 0.4) is 0 Å². The summed E-state index contributed by atoms with van der Waals surface area (Å²) in [5.74, 6) is 2.00. The summed E-state index contributed by atoms with van der Waals surface area (Å²) in [5.41, 5.74) is -0.0131. The van der Waals surface area contributed by atoms with Crippen LogP contribution in [0.1, 0.15) is 58.3 Å². The largest absolute Gasteiger partial charge is 0.349 e. The van der Waals surface area contributed by atoms with Gasteiger partial charge in [0.2, 0.25) is 17.7 Å². The Balaban J connectivity index is 1.40. The molecular weight excluding hydrogens is 318 g/mol. The van der Waals surface area contributed by atoms with Crippen molar-refractivity contribution in [1.29, 1.82) is 0 Å². The van der Waals surface area contributed by atoms with Crippen LogP contribution in [0.2, 0.25) is 0 Å². The summed E-state index contributed by atoms with van der Waals surface area (Å²) in [6.45, 7) is 1.99. The Morgan fingerprint density at radius 2 is 1.64 bits per heavy atom. The highest BCUT2D eigenvalue weighted by molar-refractivity contribution is 5.90. The minimum absolute atomic E-state index is 0.0131. The Labute approximate surface area is 149 Å². The summed E-state index contributed by atoms with van der Waals surface area (Å²) in [7, 11) is 0. The van der Waals surface area contributed by atoms with Crippen LogP contribution in [-0.2, 0) is 14.4 Å². The van der Waals surface area contributed by atoms with E-state index in [0.29, 0.717) is 6.54 Å². The summed E-state index contributed by atoms with van der Waals surface area (Å²) in [6.07, 6.45) is 8.99. The highest BCUT2D eigenvalue weighted by atomic mass is 16.2. The molecule has 6 heteroatoms. The van der Waals surface area contributed by atoms with Gasteiger partial charge in [0, 0.05) is 19.0 Å². The minimum Gasteiger partial charge on any atom is -0.349 e. The molecule has 1 aliphatic heterocycles. The molecule has 3 amide bonds. The molecule has 5 aliphatic rings. The predicted octanol–water partition coefficient (Wildman–Crippen LogP) is 1.20. The van der Waals surface area contributed by atoms with Crippen LogP contribution in [0.5, 0.6) is 0 Å². The van der Waals surface area contributed by atoms with E-state index in [1.165, 1.54) is 26.2 Å². The van der Waals surface area contributed by atoms with E-state index >= 15 is 0 Å². The molecule has 4 aliphatic carbocycles. The first-order valence-electron chi connectivity index (χ1n) is 9.80. The maximum atomic E-state index is 13.0. The Kier molecular flexibility index (Phi) is 4.24. The molecule has 5 rings (SSSR count). The number of rotatable bonds is 4. The summed E-state index contributed by atoms with van der Waals surface area (Å²) in [6, 6.07) is -0.366. The maximum absolute atomic E-state index is 13.0. The molecule has 0 radical (unpaired) electrons. The molecule has 1 heterocycles. The van der Waals surface area contributed by atoms with Crippen molar-refractivity contribution in [3.63, 3.8) is 0 Å². The fourth-order valence-corrected chi connectivity index (χ4v) is 6.25. The maximum Gasteiger partial charge on any atom is 0.243 e. The predicted molar refractivity (Wildman–Crippen MR) is 92.5 cm³/mol. The molecule has 0 aromatic carbocycles. The molecule has 5 fully saturated rings. The monoisotopic (exact) mass is 347 g/mol. The summed E-state index contributed by atoms with van der Waals surface area (Å²) in [5, 5.41) is 5.94. The zero-order valence-corrected chi connectivity index (χ0v) is 15.1. The third-order valence-corrected chi connectivity index (χ3v) is 6.79. The van der Waals surface area contributed by atoms with Gasteiger partial charge in [0.1, 0.15) is 6.04 Å². The topological polar surface area (TPSA) is 78.5 Å². The van der Waals surface area contributed by atoms with E-state index in [4.69, 9.17) is 0 Å². The van der Waals surface area contributed by atoms with E-state index in [0.717, 1.165) is 49.9 Å². The highest BCUT2D eigenvalue weighted by Gasteiger charge is 2.52. The van der Waals surface area contributed by atoms with Crippen LogP contribution in [0, 0.1) is 17.8 Å². The zero-order chi connectivity index (χ0) is 17.6. The van der Waals surface area contributed by atoms with Crippen LogP contribution in [0.25, 0.3) is 0 Å². The molecule has 1 atom stereocenters. The van der Waals surface area contributed by atoms with Crippen molar-refractivity contribution >= 4 is 17.7 Å². The van der Waals surface area contributed by atoms with Crippen LogP contribution in [0.4, 0.5) is 0 Å². The fourth-order valence-electron chi connectivity index (χ4n) is 6.25. The normalized spacial score (nSPS) is 38.7. The fraction of sp³-hybridized carbons (Fsp3) is 0.842. The number of carbonyl (C=O) groups excluding carboxylic acids is 3. The van der Waals surface area contributed by atoms with Crippen LogP contribution < -0.4 is 10.6 Å². The molecule has 0 aromatic rings. The molecular formula is C19H29N3O3. The molecule has 138 valence electrons. The van der Waals surface area contributed by atoms with Crippen LogP contribution >= 0.6 is 0 Å². The van der Waals surface area contributed by atoms with E-state index < -0.39 is 0 Å². The Bertz CT molecular complexity index is 553. The van der Waals surface area contributed by atoms with Gasteiger partial charge in [-0.3, -0.25) is 14.4 Å². The molecule has 4 bridgehead atoms. The van der Waals surface area contributed by atoms with Crippen LogP contribution in [0.15, 0.2) is 0 Å². The first-order valence-corrected chi connectivity index (χ1v) is 9.80. The first-order chi connectivity index (χ1) is 11.9. The lowest BCUT2D eigenvalue weighted by Gasteiger charge is -2.57. The SMILES string of the molecule is CC(=O)NCC(=O)N1CCC[C@@H]1C(=O)NC12CC3CC(CC(C3)C1)C2. The molecule has 0 spiro atoms. The summed E-state index contributed by atoms with van der Waals surface area (Å²) in [4.78, 5) is 38.0. The second kappa shape index (κ2) is 6.29. The van der Waals surface area contributed by atoms with Crippen molar-refractivity contribution < 1.29 is 14.4 Å². The van der Waals surface area contributed by atoms with Gasteiger partial charge in [-0.05, 0) is 69.1 Å². The third-order valence-electron chi connectivity index (χ3n) is 6.79. The lowest BCUT2D eigenvalue weighted by Crippen LogP contribution is -2.62. The van der Waals surface area contributed by atoms with Gasteiger partial charge in [-0.2, -0.15) is 0 Å². The smallest absolute Gasteiger partial charge is 0.243 e. The van der Waals surface area contributed by atoms with E-state index in [1.807, 2.05) is 0 Å². The average molecular weight is 347 g/mol. The van der Waals surface area contributed by atoms with Gasteiger partial charge < -0.3 is 15.5 Å². The summed E-state index contributed by atoms with van der Waals surface area (Å²) < 4.78 is 0. The second-order valence-corrected chi connectivity index (χ2v) is 8.84. The summed E-state index contributed by atoms with van der Waals surface area (Å²) >= 11 is 0. The van der Waals surface area contributed by atoms with Crippen molar-refractivity contribution in [2.24, 2.45) is 17.8 Å². The minimum atomic E-state index is -0.366. The third kappa shape index (κ3) is 3.27. The number of hydrogen-bond donors (Lipinski definition) is 2. The van der Waals surface area contributed by atoms with Crippen molar-refractivity contribution in [3.05, 3.63) is 0 Å². The van der Waals surface area contributed by atoms with Crippen molar-refractivity contribution in [3.8, 4) is 0 Å². The number of likely N-dealkylation sites (tertiary alicyclic amines) is 1. The number of amides is 3. The Morgan fingerprint density at radius 3 is 2.20 bits per heavy atom. The molecule has 0 unspecified atom stereocenters. The van der Waals surface area contributed by atoms with Gasteiger partial charge in [-0.1, -0.05) is 0 Å². The lowest BCUT2D eigenvalue weighted by atomic mass is 9.53. The molecule has 1 saturated heterocycles. The van der Waals surface area contributed by atoms with E-state index in [-0.39, 0.29) is 35.8 Å². The van der Waals surface area contributed by atoms with Gasteiger partial charge in [0.25, 0.3) is 0 Å². The Morgan fingerprint density at radius 1 is 1.04 bits per heavy atom. The van der Waals surface area contributed by atoms with Gasteiger partial charge in [-0.15, -0.1) is 0 Å². The molecule has 2 N–H and O–H groups in total. The number of nitrogens with one attached hydrogen (secondary N) is 2. The second-order valence-electron chi connectivity index (χ2n) is 8.84. The lowest BCUT2D eigenvalue weighted by molar-refractivity contribution is -0.141. The van der Waals surface area contributed by atoms with E-state index in [2.05, 4.69) is 10.6 Å². The standard InChI is InChI=1S/C19H29N3O3/c1-12(23)20-11-17(24)22-4-2-3-16(22)18(25)21-19-8-13-5-14(9-19)7-15(6-13)10-19/h13-16H,2-11H2,1H3,(H,20,23)(H,21,25)/t13?,14?,15?,16-,19?/m1/s1. The van der Waals surface area contributed by atoms with E-state index in [1.54, 1.807) is 4.90 Å². The van der Waals surface area contributed by atoms with Crippen molar-refractivity contribution in [2.45, 2.75) is 69.9 Å². The first kappa shape index (κ1) is 16.9. The molecule has 4 saturated carbocycles. The van der Waals surface area contributed by atoms with Crippen LogP contribution in [-0.4, -0.2) is 47.3 Å². The number of hydrogen-bond acceptors (Lipinski definition) is 3. The van der Waals surface area contributed by atoms with Crippen molar-refractivity contribution in [1.82, 2.24) is 15.5 Å². The quantitative estimate of drug-likeness (QED) is 0.802. The van der Waals surface area contributed by atoms with Gasteiger partial charge in [0.15, 0.2) is 0 Å². The van der Waals surface area contributed by atoms with Gasteiger partial charge in [-0.25, -0.2) is 0 Å². The zero-order valence-electron chi connectivity index (χ0n) is 15.1.